The topological polar surface area (TPSA) is 68.0 Å². The Morgan fingerprint density at radius 1 is 1.30 bits per heavy atom. The molecule has 0 radical (unpaired) electrons. The van der Waals surface area contributed by atoms with Crippen LogP contribution in [0.3, 0.4) is 0 Å². The molecule has 0 aliphatic carbocycles. The first kappa shape index (κ1) is 19.2. The number of methoxy groups -OCH3 is 2. The van der Waals surface area contributed by atoms with Gasteiger partial charge in [0.05, 0.1) is 13.2 Å². The number of carbonyl (C=O) groups is 1. The van der Waals surface area contributed by atoms with Gasteiger partial charge in [0.15, 0.2) is 23.1 Å². The zero-order chi connectivity index (χ0) is 19.6. The molecular formula is C19H24FN3O4. The van der Waals surface area contributed by atoms with E-state index < -0.39 is 5.82 Å². The highest BCUT2D eigenvalue weighted by Crippen LogP contribution is 2.34. The minimum Gasteiger partial charge on any atom is -0.494 e. The van der Waals surface area contributed by atoms with Crippen LogP contribution in [0.4, 0.5) is 10.2 Å². The molecule has 1 aliphatic rings. The summed E-state index contributed by atoms with van der Waals surface area (Å²) in [6.45, 7) is 1.20. The Kier molecular flexibility index (Phi) is 5.65. The quantitative estimate of drug-likeness (QED) is 0.798. The van der Waals surface area contributed by atoms with E-state index in [4.69, 9.17) is 14.0 Å². The molecule has 8 heteroatoms. The number of rotatable bonds is 5. The highest BCUT2D eigenvalue weighted by molar-refractivity contribution is 6.04. The smallest absolute Gasteiger partial charge is 0.261 e. The Morgan fingerprint density at radius 2 is 2.00 bits per heavy atom. The first-order valence-corrected chi connectivity index (χ1v) is 8.79. The summed E-state index contributed by atoms with van der Waals surface area (Å²) in [5, 5.41) is 4.06. The fourth-order valence-electron chi connectivity index (χ4n) is 3.23. The Labute approximate surface area is 157 Å². The van der Waals surface area contributed by atoms with E-state index in [0.717, 1.165) is 12.8 Å². The van der Waals surface area contributed by atoms with E-state index in [2.05, 4.69) is 5.16 Å². The van der Waals surface area contributed by atoms with E-state index in [0.29, 0.717) is 35.8 Å². The van der Waals surface area contributed by atoms with E-state index in [9.17, 15) is 9.18 Å². The molecule has 0 bridgehead atoms. The second kappa shape index (κ2) is 7.96. The van der Waals surface area contributed by atoms with Crippen molar-refractivity contribution < 1.29 is 23.2 Å². The number of aromatic nitrogens is 1. The van der Waals surface area contributed by atoms with Gasteiger partial charge in [-0.1, -0.05) is 5.16 Å². The maximum atomic E-state index is 13.8. The van der Waals surface area contributed by atoms with Crippen molar-refractivity contribution in [1.29, 1.82) is 0 Å². The van der Waals surface area contributed by atoms with Crippen LogP contribution < -0.4 is 9.64 Å². The fraction of sp³-hybridized carbons (Fsp3) is 0.474. The second-order valence-corrected chi connectivity index (χ2v) is 6.68. The summed E-state index contributed by atoms with van der Waals surface area (Å²) in [7, 11) is 6.66. The molecule has 2 aromatic rings. The minimum absolute atomic E-state index is 0.0783. The molecule has 1 aromatic heterocycles. The zero-order valence-electron chi connectivity index (χ0n) is 16.0. The normalized spacial score (nSPS) is 15.1. The molecular weight excluding hydrogens is 353 g/mol. The predicted octanol–water partition coefficient (Wildman–Crippen LogP) is 2.81. The SMILES string of the molecule is COc1cc(-c2onc(N(C)C)c2C(=O)N2CCC(OC)CC2)ccc1F. The largest absolute Gasteiger partial charge is 0.494 e. The number of amides is 1. The van der Waals surface area contributed by atoms with Crippen molar-refractivity contribution in [1.82, 2.24) is 10.1 Å². The highest BCUT2D eigenvalue weighted by Gasteiger charge is 2.31. The fourth-order valence-corrected chi connectivity index (χ4v) is 3.23. The van der Waals surface area contributed by atoms with Gasteiger partial charge in [0.1, 0.15) is 5.56 Å². The van der Waals surface area contributed by atoms with Crippen molar-refractivity contribution in [3.8, 4) is 17.1 Å². The summed E-state index contributed by atoms with van der Waals surface area (Å²) >= 11 is 0. The maximum absolute atomic E-state index is 13.8. The lowest BCUT2D eigenvalue weighted by atomic mass is 10.0. The molecule has 0 spiro atoms. The first-order valence-electron chi connectivity index (χ1n) is 8.79. The molecule has 1 fully saturated rings. The maximum Gasteiger partial charge on any atom is 0.261 e. The number of nitrogens with zero attached hydrogens (tertiary/aromatic N) is 3. The van der Waals surface area contributed by atoms with E-state index in [1.54, 1.807) is 37.1 Å². The van der Waals surface area contributed by atoms with Crippen molar-refractivity contribution in [3.05, 3.63) is 29.6 Å². The third-order valence-electron chi connectivity index (χ3n) is 4.79. The monoisotopic (exact) mass is 377 g/mol. The Hall–Kier alpha value is -2.61. The van der Waals surface area contributed by atoms with Crippen molar-refractivity contribution in [2.24, 2.45) is 0 Å². The van der Waals surface area contributed by atoms with Gasteiger partial charge < -0.3 is 23.8 Å². The number of hydrogen-bond acceptors (Lipinski definition) is 6. The summed E-state index contributed by atoms with van der Waals surface area (Å²) in [6, 6.07) is 4.33. The van der Waals surface area contributed by atoms with Gasteiger partial charge in [-0.25, -0.2) is 4.39 Å². The number of ether oxygens (including phenoxy) is 2. The molecule has 27 heavy (non-hydrogen) atoms. The van der Waals surface area contributed by atoms with Crippen LogP contribution in [0.5, 0.6) is 5.75 Å². The van der Waals surface area contributed by atoms with Crippen LogP contribution in [0.1, 0.15) is 23.2 Å². The standard InChI is InChI=1S/C19H24FN3O4/c1-22(2)18-16(19(24)23-9-7-13(25-3)8-10-23)17(27-21-18)12-5-6-14(20)15(11-12)26-4/h5-6,11,13H,7-10H2,1-4H3. The molecule has 0 atom stereocenters. The van der Waals surface area contributed by atoms with Gasteiger partial charge in [-0.05, 0) is 31.0 Å². The number of anilines is 1. The van der Waals surface area contributed by atoms with Crippen LogP contribution >= 0.6 is 0 Å². The van der Waals surface area contributed by atoms with Gasteiger partial charge in [-0.2, -0.15) is 0 Å². The van der Waals surface area contributed by atoms with Gasteiger partial charge in [0.25, 0.3) is 5.91 Å². The van der Waals surface area contributed by atoms with E-state index in [-0.39, 0.29) is 17.8 Å². The summed E-state index contributed by atoms with van der Waals surface area (Å²) in [4.78, 5) is 16.8. The highest BCUT2D eigenvalue weighted by atomic mass is 19.1. The Bertz CT molecular complexity index is 813. The van der Waals surface area contributed by atoms with Gasteiger partial charge >= 0.3 is 0 Å². The van der Waals surface area contributed by atoms with Crippen LogP contribution in [0.2, 0.25) is 0 Å². The molecule has 1 aliphatic heterocycles. The number of piperidine rings is 1. The average Bonchev–Trinajstić information content (AvgIpc) is 3.13. The van der Waals surface area contributed by atoms with Gasteiger partial charge in [-0.15, -0.1) is 0 Å². The summed E-state index contributed by atoms with van der Waals surface area (Å²) in [5.74, 6) is 0.175. The van der Waals surface area contributed by atoms with Crippen molar-refractivity contribution in [2.75, 3.05) is 46.3 Å². The molecule has 7 nitrogen and oxygen atoms in total. The molecule has 0 N–H and O–H groups in total. The van der Waals surface area contributed by atoms with Gasteiger partial charge in [0, 0.05) is 39.9 Å². The minimum atomic E-state index is -0.483. The van der Waals surface area contributed by atoms with Crippen LogP contribution in [-0.2, 0) is 4.74 Å². The third kappa shape index (κ3) is 3.75. The number of likely N-dealkylation sites (tertiary alicyclic amines) is 1. The van der Waals surface area contributed by atoms with Crippen LogP contribution in [-0.4, -0.2) is 63.5 Å². The molecule has 3 rings (SSSR count). The van der Waals surface area contributed by atoms with Crippen molar-refractivity contribution >= 4 is 11.7 Å². The average molecular weight is 377 g/mol. The van der Waals surface area contributed by atoms with E-state index in [1.807, 2.05) is 0 Å². The van der Waals surface area contributed by atoms with Crippen molar-refractivity contribution in [2.45, 2.75) is 18.9 Å². The lowest BCUT2D eigenvalue weighted by molar-refractivity contribution is 0.0351. The Balaban J connectivity index is 1.99. The molecule has 0 unspecified atom stereocenters. The lowest BCUT2D eigenvalue weighted by Gasteiger charge is -2.31. The number of halogens is 1. The van der Waals surface area contributed by atoms with Gasteiger partial charge in [-0.3, -0.25) is 4.79 Å². The van der Waals surface area contributed by atoms with Crippen molar-refractivity contribution in [3.63, 3.8) is 0 Å². The lowest BCUT2D eigenvalue weighted by Crippen LogP contribution is -2.41. The number of carbonyl (C=O) groups excluding carboxylic acids is 1. The van der Waals surface area contributed by atoms with Crippen LogP contribution in [0.15, 0.2) is 22.7 Å². The van der Waals surface area contributed by atoms with Crippen LogP contribution in [0, 0.1) is 5.82 Å². The molecule has 146 valence electrons. The van der Waals surface area contributed by atoms with E-state index >= 15 is 0 Å². The number of benzene rings is 1. The predicted molar refractivity (Wildman–Crippen MR) is 98.7 cm³/mol. The number of hydrogen-bond donors (Lipinski definition) is 0. The molecule has 1 aromatic carbocycles. The molecule has 1 saturated heterocycles. The van der Waals surface area contributed by atoms with Gasteiger partial charge in [0.2, 0.25) is 0 Å². The molecule has 2 heterocycles. The first-order chi connectivity index (χ1) is 13.0. The Morgan fingerprint density at radius 3 is 2.59 bits per heavy atom. The second-order valence-electron chi connectivity index (χ2n) is 6.68. The third-order valence-corrected chi connectivity index (χ3v) is 4.79. The van der Waals surface area contributed by atoms with E-state index in [1.165, 1.54) is 19.2 Å². The zero-order valence-corrected chi connectivity index (χ0v) is 16.0. The summed E-state index contributed by atoms with van der Waals surface area (Å²) in [6.07, 6.45) is 1.74. The van der Waals surface area contributed by atoms with Crippen LogP contribution in [0.25, 0.3) is 11.3 Å². The molecule has 1 amide bonds. The summed E-state index contributed by atoms with van der Waals surface area (Å²) in [5.41, 5.74) is 0.897. The molecule has 0 saturated carbocycles. The summed E-state index contributed by atoms with van der Waals surface area (Å²) < 4.78 is 29.7.